The third-order valence-electron chi connectivity index (χ3n) is 3.23. The van der Waals surface area contributed by atoms with Crippen molar-refractivity contribution in [1.29, 1.82) is 0 Å². The van der Waals surface area contributed by atoms with E-state index in [0.717, 1.165) is 26.6 Å². The molecule has 0 radical (unpaired) electrons. The van der Waals surface area contributed by atoms with Crippen LogP contribution in [-0.2, 0) is 0 Å². The second-order valence-corrected chi connectivity index (χ2v) is 5.87. The zero-order chi connectivity index (χ0) is 14.3. The van der Waals surface area contributed by atoms with Crippen LogP contribution in [0, 0.1) is 13.8 Å². The molecule has 0 atom stereocenters. The van der Waals surface area contributed by atoms with Crippen LogP contribution in [0.3, 0.4) is 0 Å². The molecule has 0 unspecified atom stereocenters. The van der Waals surface area contributed by atoms with Gasteiger partial charge in [-0.15, -0.1) is 0 Å². The van der Waals surface area contributed by atoms with Gasteiger partial charge in [0.05, 0.1) is 0 Å². The summed E-state index contributed by atoms with van der Waals surface area (Å²) >= 11 is 3.39. The van der Waals surface area contributed by atoms with Crippen molar-refractivity contribution in [2.75, 3.05) is 0 Å². The van der Waals surface area contributed by atoms with E-state index in [1.54, 1.807) is 12.4 Å². The summed E-state index contributed by atoms with van der Waals surface area (Å²) < 4.78 is 0.860. The first kappa shape index (κ1) is 13.1. The number of hydrogen-bond donors (Lipinski definition) is 1. The number of aryl methyl sites for hydroxylation is 2. The fourth-order valence-corrected chi connectivity index (χ4v) is 2.76. The zero-order valence-electron chi connectivity index (χ0n) is 11.2. The Bertz CT molecular complexity index is 800. The number of carbonyl (C=O) groups excluding carboxylic acids is 1. The number of nitrogens with zero attached hydrogens (tertiary/aromatic N) is 1. The van der Waals surface area contributed by atoms with Crippen LogP contribution >= 0.6 is 15.9 Å². The van der Waals surface area contributed by atoms with Crippen LogP contribution in [0.25, 0.3) is 11.0 Å². The third-order valence-corrected chi connectivity index (χ3v) is 3.66. The fraction of sp³-hybridized carbons (Fsp3) is 0.125. The summed E-state index contributed by atoms with van der Waals surface area (Å²) in [5.74, 6) is 0.0166. The monoisotopic (exact) mass is 328 g/mol. The molecule has 3 aromatic rings. The van der Waals surface area contributed by atoms with Crippen molar-refractivity contribution < 1.29 is 4.79 Å². The highest BCUT2D eigenvalue weighted by Crippen LogP contribution is 2.23. The summed E-state index contributed by atoms with van der Waals surface area (Å²) in [4.78, 5) is 20.0. The highest BCUT2D eigenvalue weighted by atomic mass is 79.9. The van der Waals surface area contributed by atoms with E-state index >= 15 is 0 Å². The number of aromatic amines is 1. The van der Waals surface area contributed by atoms with Crippen molar-refractivity contribution in [1.82, 2.24) is 9.97 Å². The van der Waals surface area contributed by atoms with E-state index in [1.807, 2.05) is 32.0 Å². The molecule has 2 aromatic heterocycles. The average Bonchev–Trinajstić information content (AvgIpc) is 2.79. The van der Waals surface area contributed by atoms with E-state index < -0.39 is 0 Å². The summed E-state index contributed by atoms with van der Waals surface area (Å²) in [7, 11) is 0. The lowest BCUT2D eigenvalue weighted by Crippen LogP contribution is -2.01. The second-order valence-electron chi connectivity index (χ2n) is 4.96. The van der Waals surface area contributed by atoms with Crippen LogP contribution in [0.2, 0.25) is 0 Å². The molecule has 3 nitrogen and oxygen atoms in total. The van der Waals surface area contributed by atoms with Gasteiger partial charge in [0, 0.05) is 33.4 Å². The first-order chi connectivity index (χ1) is 9.54. The van der Waals surface area contributed by atoms with Gasteiger partial charge in [-0.25, -0.2) is 4.98 Å². The molecule has 100 valence electrons. The lowest BCUT2D eigenvalue weighted by molar-refractivity contribution is 0.104. The number of halogens is 1. The summed E-state index contributed by atoms with van der Waals surface area (Å²) in [6, 6.07) is 7.80. The second kappa shape index (κ2) is 4.87. The summed E-state index contributed by atoms with van der Waals surface area (Å²) in [5.41, 5.74) is 4.27. The molecule has 3 rings (SSSR count). The molecule has 0 aliphatic heterocycles. The quantitative estimate of drug-likeness (QED) is 0.717. The van der Waals surface area contributed by atoms with Gasteiger partial charge in [0.1, 0.15) is 5.65 Å². The molecule has 1 N–H and O–H groups in total. The minimum Gasteiger partial charge on any atom is -0.345 e. The van der Waals surface area contributed by atoms with Gasteiger partial charge in [-0.2, -0.15) is 0 Å². The van der Waals surface area contributed by atoms with Crippen LogP contribution in [0.1, 0.15) is 27.0 Å². The van der Waals surface area contributed by atoms with Crippen molar-refractivity contribution in [3.05, 3.63) is 63.4 Å². The van der Waals surface area contributed by atoms with E-state index in [0.29, 0.717) is 11.1 Å². The number of rotatable bonds is 2. The van der Waals surface area contributed by atoms with Crippen LogP contribution in [0.4, 0.5) is 0 Å². The predicted molar refractivity (Wildman–Crippen MR) is 83.1 cm³/mol. The zero-order valence-corrected chi connectivity index (χ0v) is 12.8. The van der Waals surface area contributed by atoms with Crippen LogP contribution in [0.5, 0.6) is 0 Å². The van der Waals surface area contributed by atoms with E-state index in [4.69, 9.17) is 0 Å². The van der Waals surface area contributed by atoms with Gasteiger partial charge in [0.25, 0.3) is 0 Å². The Balaban J connectivity index is 2.15. The Kier molecular flexibility index (Phi) is 3.18. The number of carbonyl (C=O) groups is 1. The maximum atomic E-state index is 12.7. The normalized spacial score (nSPS) is 10.9. The van der Waals surface area contributed by atoms with Crippen molar-refractivity contribution in [3.8, 4) is 0 Å². The first-order valence-electron chi connectivity index (χ1n) is 6.30. The number of benzene rings is 1. The average molecular weight is 329 g/mol. The molecular weight excluding hydrogens is 316 g/mol. The van der Waals surface area contributed by atoms with Gasteiger partial charge in [-0.05, 0) is 48.0 Å². The standard InChI is InChI=1S/C16H13BrN2O/c1-9-3-10(2)5-11(4-9)15(20)14-8-19-16-13(14)6-12(17)7-18-16/h3-8H,1-2H3,(H,18,19). The summed E-state index contributed by atoms with van der Waals surface area (Å²) in [6.45, 7) is 3.99. The number of fused-ring (bicyclic) bond motifs is 1. The summed E-state index contributed by atoms with van der Waals surface area (Å²) in [6.07, 6.45) is 3.44. The van der Waals surface area contributed by atoms with Gasteiger partial charge >= 0.3 is 0 Å². The maximum absolute atomic E-state index is 12.7. The van der Waals surface area contributed by atoms with Crippen LogP contribution < -0.4 is 0 Å². The van der Waals surface area contributed by atoms with Crippen molar-refractivity contribution in [2.24, 2.45) is 0 Å². The number of pyridine rings is 1. The molecule has 2 heterocycles. The van der Waals surface area contributed by atoms with Crippen molar-refractivity contribution in [3.63, 3.8) is 0 Å². The third kappa shape index (κ3) is 2.27. The molecule has 0 saturated carbocycles. The Hall–Kier alpha value is -1.94. The smallest absolute Gasteiger partial charge is 0.195 e. The molecule has 0 amide bonds. The van der Waals surface area contributed by atoms with E-state index in [-0.39, 0.29) is 5.78 Å². The minimum atomic E-state index is 0.0166. The molecule has 20 heavy (non-hydrogen) atoms. The van der Waals surface area contributed by atoms with Gasteiger partial charge in [-0.1, -0.05) is 17.2 Å². The van der Waals surface area contributed by atoms with Crippen LogP contribution in [-0.4, -0.2) is 15.8 Å². The molecule has 1 aromatic carbocycles. The number of hydrogen-bond acceptors (Lipinski definition) is 2. The highest BCUT2D eigenvalue weighted by Gasteiger charge is 2.15. The number of aromatic nitrogens is 2. The Morgan fingerprint density at radius 1 is 1.15 bits per heavy atom. The van der Waals surface area contributed by atoms with Gasteiger partial charge in [-0.3, -0.25) is 4.79 Å². The number of ketones is 1. The van der Waals surface area contributed by atoms with Crippen LogP contribution in [0.15, 0.2) is 41.1 Å². The predicted octanol–water partition coefficient (Wildman–Crippen LogP) is 4.17. The lowest BCUT2D eigenvalue weighted by atomic mass is 9.99. The van der Waals surface area contributed by atoms with Crippen molar-refractivity contribution >= 4 is 32.7 Å². The van der Waals surface area contributed by atoms with E-state index in [9.17, 15) is 4.79 Å². The van der Waals surface area contributed by atoms with E-state index in [1.165, 1.54) is 0 Å². The van der Waals surface area contributed by atoms with Gasteiger partial charge in [0.15, 0.2) is 5.78 Å². The molecule has 4 heteroatoms. The topological polar surface area (TPSA) is 45.8 Å². The number of H-pyrrole nitrogens is 1. The summed E-state index contributed by atoms with van der Waals surface area (Å²) in [5, 5.41) is 0.837. The maximum Gasteiger partial charge on any atom is 0.195 e. The molecule has 0 aliphatic rings. The Morgan fingerprint density at radius 2 is 1.85 bits per heavy atom. The Labute approximate surface area is 125 Å². The van der Waals surface area contributed by atoms with E-state index in [2.05, 4.69) is 32.0 Å². The molecule has 0 bridgehead atoms. The molecule has 0 aliphatic carbocycles. The largest absolute Gasteiger partial charge is 0.345 e. The number of nitrogens with one attached hydrogen (secondary N) is 1. The fourth-order valence-electron chi connectivity index (χ4n) is 2.43. The SMILES string of the molecule is Cc1cc(C)cc(C(=O)c2c[nH]c3ncc(Br)cc23)c1. The molecule has 0 spiro atoms. The highest BCUT2D eigenvalue weighted by molar-refractivity contribution is 9.10. The Morgan fingerprint density at radius 3 is 2.55 bits per heavy atom. The molecule has 0 fully saturated rings. The first-order valence-corrected chi connectivity index (χ1v) is 7.09. The van der Waals surface area contributed by atoms with Gasteiger partial charge in [0.2, 0.25) is 0 Å². The molecule has 0 saturated heterocycles. The molecular formula is C16H13BrN2O. The van der Waals surface area contributed by atoms with Gasteiger partial charge < -0.3 is 4.98 Å². The van der Waals surface area contributed by atoms with Crippen molar-refractivity contribution in [2.45, 2.75) is 13.8 Å². The lowest BCUT2D eigenvalue weighted by Gasteiger charge is -2.03. The minimum absolute atomic E-state index is 0.0166.